The van der Waals surface area contributed by atoms with E-state index in [0.29, 0.717) is 5.56 Å². The average molecular weight is 482 g/mol. The normalized spacial score (nSPS) is 20.5. The Labute approximate surface area is 211 Å². The van der Waals surface area contributed by atoms with E-state index in [0.717, 1.165) is 40.8 Å². The second-order valence-corrected chi connectivity index (χ2v) is 10.9. The lowest BCUT2D eigenvalue weighted by Gasteiger charge is -2.41. The number of nitrogens with one attached hydrogen (secondary N) is 1. The van der Waals surface area contributed by atoms with E-state index in [1.54, 1.807) is 11.3 Å². The van der Waals surface area contributed by atoms with Crippen molar-refractivity contribution >= 4 is 33.1 Å². The number of aromatic nitrogens is 1. The number of carbonyl (C=O) groups excluding carboxylic acids is 1. The zero-order valence-corrected chi connectivity index (χ0v) is 20.8. The van der Waals surface area contributed by atoms with Crippen LogP contribution in [0, 0.1) is 11.8 Å². The third kappa shape index (κ3) is 4.89. The fraction of sp³-hybridized carbons (Fsp3) is 0.333. The third-order valence-corrected chi connectivity index (χ3v) is 8.62. The maximum atomic E-state index is 13.2. The molecule has 4 nitrogen and oxygen atoms in total. The van der Waals surface area contributed by atoms with Gasteiger partial charge >= 0.3 is 0 Å². The molecule has 2 fully saturated rings. The summed E-state index contributed by atoms with van der Waals surface area (Å²) >= 11 is 1.61. The number of nitrogens with zero attached hydrogens (tertiary/aromatic N) is 2. The molecule has 2 unspecified atom stereocenters. The largest absolute Gasteiger partial charge is 0.322 e. The van der Waals surface area contributed by atoms with Gasteiger partial charge < -0.3 is 5.32 Å². The molecule has 0 spiro atoms. The summed E-state index contributed by atoms with van der Waals surface area (Å²) in [7, 11) is 0. The molecule has 0 radical (unpaired) electrons. The van der Waals surface area contributed by atoms with Crippen LogP contribution in [-0.4, -0.2) is 28.9 Å². The Morgan fingerprint density at radius 1 is 0.971 bits per heavy atom. The Hall–Kier alpha value is -3.02. The van der Waals surface area contributed by atoms with Crippen LogP contribution in [0.3, 0.4) is 0 Å². The number of rotatable bonds is 5. The van der Waals surface area contributed by atoms with Crippen LogP contribution in [0.1, 0.15) is 48.0 Å². The molecule has 1 aromatic heterocycles. The first-order chi connectivity index (χ1) is 17.2. The number of hydrogen-bond donors (Lipinski definition) is 1. The maximum absolute atomic E-state index is 13.2. The van der Waals surface area contributed by atoms with Crippen molar-refractivity contribution in [2.45, 2.75) is 38.6 Å². The molecule has 2 atom stereocenters. The minimum absolute atomic E-state index is 0.0774. The first kappa shape index (κ1) is 22.4. The molecular weight excluding hydrogens is 450 g/mol. The van der Waals surface area contributed by atoms with Gasteiger partial charge in [-0.3, -0.25) is 9.69 Å². The van der Waals surface area contributed by atoms with E-state index in [4.69, 9.17) is 0 Å². The van der Waals surface area contributed by atoms with E-state index in [1.807, 2.05) is 29.8 Å². The number of amides is 1. The van der Waals surface area contributed by atoms with Gasteiger partial charge in [-0.05, 0) is 78.2 Å². The van der Waals surface area contributed by atoms with Crippen LogP contribution in [-0.2, 0) is 6.54 Å². The molecule has 4 aromatic rings. The molecule has 178 valence electrons. The van der Waals surface area contributed by atoms with Crippen molar-refractivity contribution in [3.63, 3.8) is 0 Å². The van der Waals surface area contributed by atoms with Crippen molar-refractivity contribution in [2.24, 2.45) is 11.8 Å². The Morgan fingerprint density at radius 3 is 2.71 bits per heavy atom. The topological polar surface area (TPSA) is 45.2 Å². The van der Waals surface area contributed by atoms with E-state index in [2.05, 4.69) is 57.7 Å². The summed E-state index contributed by atoms with van der Waals surface area (Å²) in [6.45, 7) is 3.22. The molecule has 1 aliphatic carbocycles. The lowest BCUT2D eigenvalue weighted by molar-refractivity contribution is 0.0821. The van der Waals surface area contributed by atoms with E-state index in [1.165, 1.54) is 55.3 Å². The summed E-state index contributed by atoms with van der Waals surface area (Å²) in [6, 6.07) is 22.6. The number of carbonyl (C=O) groups is 1. The second-order valence-electron chi connectivity index (χ2n) is 10.1. The minimum atomic E-state index is -0.0774. The van der Waals surface area contributed by atoms with Crippen LogP contribution < -0.4 is 5.32 Å². The maximum Gasteiger partial charge on any atom is 0.255 e. The quantitative estimate of drug-likeness (QED) is 0.327. The summed E-state index contributed by atoms with van der Waals surface area (Å²) in [5.41, 5.74) is 7.88. The molecule has 2 heterocycles. The number of anilines is 1. The number of hydrogen-bond acceptors (Lipinski definition) is 4. The highest BCUT2D eigenvalue weighted by Crippen LogP contribution is 2.37. The molecule has 5 heteroatoms. The van der Waals surface area contributed by atoms with Gasteiger partial charge in [0.25, 0.3) is 5.91 Å². The predicted molar refractivity (Wildman–Crippen MR) is 145 cm³/mol. The van der Waals surface area contributed by atoms with Crippen molar-refractivity contribution in [3.05, 3.63) is 83.4 Å². The van der Waals surface area contributed by atoms with Gasteiger partial charge in [0.05, 0.1) is 15.7 Å². The zero-order chi connectivity index (χ0) is 23.6. The van der Waals surface area contributed by atoms with Gasteiger partial charge in [0, 0.05) is 24.3 Å². The van der Waals surface area contributed by atoms with Crippen molar-refractivity contribution in [1.29, 1.82) is 0 Å². The van der Waals surface area contributed by atoms with Crippen molar-refractivity contribution in [3.8, 4) is 11.1 Å². The third-order valence-electron chi connectivity index (χ3n) is 7.81. The van der Waals surface area contributed by atoms with E-state index in [-0.39, 0.29) is 5.91 Å². The van der Waals surface area contributed by atoms with Crippen molar-refractivity contribution < 1.29 is 4.79 Å². The molecular formula is C30H31N3OS. The predicted octanol–water partition coefficient (Wildman–Crippen LogP) is 7.23. The van der Waals surface area contributed by atoms with E-state index >= 15 is 0 Å². The molecule has 1 amide bonds. The standard InChI is InChI=1S/C30H31N3OS/c34-30(32-26-11-13-29-28(17-26)31-20-35-29)23-10-12-27(22-7-2-1-3-8-22)25(16-23)19-33-15-14-21-6-4-5-9-24(21)18-33/h1-3,7-8,10-13,16-17,20-21,24H,4-6,9,14-15,18-19H2,(H,32,34). The van der Waals surface area contributed by atoms with Gasteiger partial charge in [-0.2, -0.15) is 0 Å². The average Bonchev–Trinajstić information content (AvgIpc) is 3.37. The fourth-order valence-corrected chi connectivity index (χ4v) is 6.62. The van der Waals surface area contributed by atoms with Gasteiger partial charge in [-0.15, -0.1) is 11.3 Å². The highest BCUT2D eigenvalue weighted by Gasteiger charge is 2.31. The van der Waals surface area contributed by atoms with Crippen LogP contribution in [0.2, 0.25) is 0 Å². The van der Waals surface area contributed by atoms with Crippen LogP contribution in [0.25, 0.3) is 21.3 Å². The van der Waals surface area contributed by atoms with Crippen LogP contribution in [0.4, 0.5) is 5.69 Å². The molecule has 6 rings (SSSR count). The number of thiazole rings is 1. The second kappa shape index (κ2) is 9.92. The van der Waals surface area contributed by atoms with Crippen molar-refractivity contribution in [1.82, 2.24) is 9.88 Å². The highest BCUT2D eigenvalue weighted by molar-refractivity contribution is 7.16. The monoisotopic (exact) mass is 481 g/mol. The van der Waals surface area contributed by atoms with Gasteiger partial charge in [0.15, 0.2) is 0 Å². The van der Waals surface area contributed by atoms with Gasteiger partial charge in [0.2, 0.25) is 0 Å². The van der Waals surface area contributed by atoms with E-state index < -0.39 is 0 Å². The molecule has 1 saturated carbocycles. The molecule has 35 heavy (non-hydrogen) atoms. The Kier molecular flexibility index (Phi) is 6.36. The molecule has 1 saturated heterocycles. The number of likely N-dealkylation sites (tertiary alicyclic amines) is 1. The summed E-state index contributed by atoms with van der Waals surface area (Å²) in [4.78, 5) is 20.2. The van der Waals surface area contributed by atoms with Crippen LogP contribution in [0.5, 0.6) is 0 Å². The van der Waals surface area contributed by atoms with Gasteiger partial charge in [-0.25, -0.2) is 4.98 Å². The number of piperidine rings is 1. The minimum Gasteiger partial charge on any atom is -0.322 e. The Balaban J connectivity index is 1.26. The van der Waals surface area contributed by atoms with Crippen LogP contribution in [0.15, 0.2) is 72.2 Å². The number of benzene rings is 3. The Bertz CT molecular complexity index is 1330. The fourth-order valence-electron chi connectivity index (χ4n) is 5.96. The molecule has 2 aliphatic rings. The van der Waals surface area contributed by atoms with Gasteiger partial charge in [-0.1, -0.05) is 55.7 Å². The first-order valence-electron chi connectivity index (χ1n) is 12.8. The number of fused-ring (bicyclic) bond motifs is 2. The molecule has 3 aromatic carbocycles. The molecule has 1 aliphatic heterocycles. The van der Waals surface area contributed by atoms with E-state index in [9.17, 15) is 4.79 Å². The highest BCUT2D eigenvalue weighted by atomic mass is 32.1. The summed E-state index contributed by atoms with van der Waals surface area (Å²) < 4.78 is 1.12. The zero-order valence-electron chi connectivity index (χ0n) is 20.0. The first-order valence-corrected chi connectivity index (χ1v) is 13.7. The molecule has 0 bridgehead atoms. The summed E-state index contributed by atoms with van der Waals surface area (Å²) in [6.07, 6.45) is 6.89. The van der Waals surface area contributed by atoms with Crippen LogP contribution >= 0.6 is 11.3 Å². The summed E-state index contributed by atoms with van der Waals surface area (Å²) in [5, 5.41) is 3.08. The van der Waals surface area contributed by atoms with Crippen molar-refractivity contribution in [2.75, 3.05) is 18.4 Å². The summed E-state index contributed by atoms with van der Waals surface area (Å²) in [5.74, 6) is 1.68. The molecule has 1 N–H and O–H groups in total. The lowest BCUT2D eigenvalue weighted by atomic mass is 9.75. The lowest BCUT2D eigenvalue weighted by Crippen LogP contribution is -2.41. The van der Waals surface area contributed by atoms with Gasteiger partial charge in [0.1, 0.15) is 0 Å². The smallest absolute Gasteiger partial charge is 0.255 e. The SMILES string of the molecule is O=C(Nc1ccc2scnc2c1)c1ccc(-c2ccccc2)c(CN2CCC3CCCCC3C2)c1. The Morgan fingerprint density at radius 2 is 1.83 bits per heavy atom.